The molecule has 0 aromatic heterocycles. The minimum absolute atomic E-state index is 0.256. The van der Waals surface area contributed by atoms with Crippen molar-refractivity contribution < 1.29 is 52.5 Å². The monoisotopic (exact) mass is 444 g/mol. The smallest absolute Gasteiger partial charge is 0.282 e. The first-order valence-electron chi connectivity index (χ1n) is 7.79. The van der Waals surface area contributed by atoms with Crippen LogP contribution in [0.4, 0.5) is 39.5 Å². The Morgan fingerprint density at radius 2 is 1.32 bits per heavy atom. The van der Waals surface area contributed by atoms with Crippen molar-refractivity contribution in [1.29, 1.82) is 0 Å². The summed E-state index contributed by atoms with van der Waals surface area (Å²) < 4.78 is 149. The van der Waals surface area contributed by atoms with E-state index in [2.05, 4.69) is 0 Å². The van der Waals surface area contributed by atoms with Crippen molar-refractivity contribution in [2.75, 3.05) is 0 Å². The maximum Gasteiger partial charge on any atom is 0.417 e. The quantitative estimate of drug-likeness (QED) is 0.463. The first-order chi connectivity index (χ1) is 12.4. The summed E-state index contributed by atoms with van der Waals surface area (Å²) in [6.45, 7) is 0. The number of benzene rings is 1. The van der Waals surface area contributed by atoms with Crippen molar-refractivity contribution in [2.24, 2.45) is 5.92 Å². The molecule has 1 fully saturated rings. The molecule has 1 aliphatic carbocycles. The molecular formula is C15H13F9O3S. The Bertz CT molecular complexity index is 830. The van der Waals surface area contributed by atoms with Gasteiger partial charge in [0.2, 0.25) is 0 Å². The van der Waals surface area contributed by atoms with E-state index in [4.69, 9.17) is 4.55 Å². The number of hydrogen-bond acceptors (Lipinski definition) is 2. The van der Waals surface area contributed by atoms with Crippen LogP contribution in [0.1, 0.15) is 48.3 Å². The standard InChI is InChI=1S/C15H13F9O3S/c16-13(17,18)8-3-1-7(2-4-8)10-5-9(28(25,26)27)6-11(14(19,20)21)12(10)15(22,23)24/h5-8H,1-4H2,(H,25,26,27). The Balaban J connectivity index is 2.65. The second kappa shape index (κ2) is 7.08. The molecule has 13 heteroatoms. The van der Waals surface area contributed by atoms with E-state index in [0.29, 0.717) is 0 Å². The van der Waals surface area contributed by atoms with Gasteiger partial charge in [0.15, 0.2) is 0 Å². The molecule has 2 rings (SSSR count). The number of halogens is 9. The molecule has 0 radical (unpaired) electrons. The maximum atomic E-state index is 13.4. The van der Waals surface area contributed by atoms with Crippen LogP contribution in [0.5, 0.6) is 0 Å². The summed E-state index contributed by atoms with van der Waals surface area (Å²) in [6, 6.07) is -0.0744. The van der Waals surface area contributed by atoms with E-state index >= 15 is 0 Å². The molecule has 160 valence electrons. The molecule has 0 atom stereocenters. The van der Waals surface area contributed by atoms with Gasteiger partial charge >= 0.3 is 18.5 Å². The molecular weight excluding hydrogens is 431 g/mol. The van der Waals surface area contributed by atoms with E-state index in [9.17, 15) is 47.9 Å². The largest absolute Gasteiger partial charge is 0.417 e. The lowest BCUT2D eigenvalue weighted by molar-refractivity contribution is -0.182. The second-order valence-electron chi connectivity index (χ2n) is 6.50. The molecule has 0 bridgehead atoms. The summed E-state index contributed by atoms with van der Waals surface area (Å²) in [7, 11) is -5.29. The maximum absolute atomic E-state index is 13.4. The van der Waals surface area contributed by atoms with Gasteiger partial charge in [-0.25, -0.2) is 0 Å². The van der Waals surface area contributed by atoms with Crippen molar-refractivity contribution in [3.63, 3.8) is 0 Å². The molecule has 0 aliphatic heterocycles. The Morgan fingerprint density at radius 1 is 0.821 bits per heavy atom. The Morgan fingerprint density at radius 3 is 1.68 bits per heavy atom. The molecule has 0 unspecified atom stereocenters. The predicted octanol–water partition coefficient (Wildman–Crippen LogP) is 5.81. The first-order valence-corrected chi connectivity index (χ1v) is 9.23. The minimum atomic E-state index is -5.61. The third kappa shape index (κ3) is 4.91. The van der Waals surface area contributed by atoms with E-state index in [1.807, 2.05) is 0 Å². The third-order valence-corrected chi connectivity index (χ3v) is 5.49. The van der Waals surface area contributed by atoms with E-state index < -0.39 is 87.8 Å². The van der Waals surface area contributed by atoms with E-state index in [1.165, 1.54) is 0 Å². The average Bonchev–Trinajstić information content (AvgIpc) is 2.50. The Hall–Kier alpha value is -1.50. The summed E-state index contributed by atoms with van der Waals surface area (Å²) in [4.78, 5) is -1.40. The van der Waals surface area contributed by atoms with Crippen LogP contribution in [-0.2, 0) is 22.5 Å². The van der Waals surface area contributed by atoms with Gasteiger partial charge in [-0.2, -0.15) is 47.9 Å². The van der Waals surface area contributed by atoms with Crippen LogP contribution < -0.4 is 0 Å². The van der Waals surface area contributed by atoms with Gasteiger partial charge in [-0.3, -0.25) is 4.55 Å². The molecule has 1 N–H and O–H groups in total. The molecule has 0 amide bonds. The zero-order valence-electron chi connectivity index (χ0n) is 13.7. The SMILES string of the molecule is O=S(=O)(O)c1cc(C2CCC(C(F)(F)F)CC2)c(C(F)(F)F)c(C(F)(F)F)c1. The van der Waals surface area contributed by atoms with Crippen LogP contribution in [-0.4, -0.2) is 19.1 Å². The lowest BCUT2D eigenvalue weighted by Gasteiger charge is -2.32. The lowest BCUT2D eigenvalue weighted by atomic mass is 9.76. The van der Waals surface area contributed by atoms with Gasteiger partial charge < -0.3 is 0 Å². The lowest BCUT2D eigenvalue weighted by Crippen LogP contribution is -2.28. The van der Waals surface area contributed by atoms with Crippen molar-refractivity contribution >= 4 is 10.1 Å². The van der Waals surface area contributed by atoms with Gasteiger partial charge in [-0.15, -0.1) is 0 Å². The van der Waals surface area contributed by atoms with E-state index in [1.54, 1.807) is 0 Å². The van der Waals surface area contributed by atoms with Crippen LogP contribution in [0.3, 0.4) is 0 Å². The van der Waals surface area contributed by atoms with Crippen molar-refractivity contribution in [3.8, 4) is 0 Å². The number of alkyl halides is 9. The minimum Gasteiger partial charge on any atom is -0.282 e. The summed E-state index contributed by atoms with van der Waals surface area (Å²) >= 11 is 0. The number of hydrogen-bond donors (Lipinski definition) is 1. The predicted molar refractivity (Wildman–Crippen MR) is 77.0 cm³/mol. The highest BCUT2D eigenvalue weighted by Crippen LogP contribution is 2.49. The van der Waals surface area contributed by atoms with Crippen LogP contribution in [0, 0.1) is 5.92 Å². The highest BCUT2D eigenvalue weighted by atomic mass is 32.2. The first kappa shape index (κ1) is 22.8. The van der Waals surface area contributed by atoms with E-state index in [-0.39, 0.29) is 12.1 Å². The summed E-state index contributed by atoms with van der Waals surface area (Å²) in [6.07, 6.45) is -18.0. The average molecular weight is 444 g/mol. The van der Waals surface area contributed by atoms with E-state index in [0.717, 1.165) is 0 Å². The zero-order chi connectivity index (χ0) is 21.7. The van der Waals surface area contributed by atoms with Gasteiger partial charge in [0.05, 0.1) is 21.9 Å². The fourth-order valence-electron chi connectivity index (χ4n) is 3.38. The normalized spacial score (nSPS) is 22.4. The molecule has 3 nitrogen and oxygen atoms in total. The van der Waals surface area contributed by atoms with Crippen LogP contribution in [0.2, 0.25) is 0 Å². The summed E-state index contributed by atoms with van der Waals surface area (Å²) in [5.41, 5.74) is -5.55. The topological polar surface area (TPSA) is 54.4 Å². The Kier molecular flexibility index (Phi) is 5.76. The molecule has 1 aromatic rings. The molecule has 1 aromatic carbocycles. The highest BCUT2D eigenvalue weighted by Gasteiger charge is 2.48. The fourth-order valence-corrected chi connectivity index (χ4v) is 3.92. The van der Waals surface area contributed by atoms with Crippen LogP contribution >= 0.6 is 0 Å². The molecule has 0 saturated heterocycles. The molecule has 0 heterocycles. The van der Waals surface area contributed by atoms with Crippen LogP contribution in [0.25, 0.3) is 0 Å². The van der Waals surface area contributed by atoms with Crippen molar-refractivity contribution in [2.45, 2.75) is 55.0 Å². The summed E-state index contributed by atoms with van der Waals surface area (Å²) in [5, 5.41) is 0. The van der Waals surface area contributed by atoms with Gasteiger partial charge in [0.25, 0.3) is 10.1 Å². The van der Waals surface area contributed by atoms with Crippen molar-refractivity contribution in [1.82, 2.24) is 0 Å². The van der Waals surface area contributed by atoms with Gasteiger partial charge in [-0.05, 0) is 49.3 Å². The molecule has 28 heavy (non-hydrogen) atoms. The molecule has 1 aliphatic rings. The zero-order valence-corrected chi connectivity index (χ0v) is 14.5. The summed E-state index contributed by atoms with van der Waals surface area (Å²) in [5.74, 6) is -3.18. The van der Waals surface area contributed by atoms with Gasteiger partial charge in [0.1, 0.15) is 0 Å². The van der Waals surface area contributed by atoms with Crippen LogP contribution in [0.15, 0.2) is 17.0 Å². The highest BCUT2D eigenvalue weighted by molar-refractivity contribution is 7.85. The van der Waals surface area contributed by atoms with Gasteiger partial charge in [0, 0.05) is 0 Å². The molecule has 0 spiro atoms. The molecule has 1 saturated carbocycles. The van der Waals surface area contributed by atoms with Crippen molar-refractivity contribution in [3.05, 3.63) is 28.8 Å². The number of rotatable bonds is 2. The third-order valence-electron chi connectivity index (χ3n) is 4.66. The van der Waals surface area contributed by atoms with Gasteiger partial charge in [-0.1, -0.05) is 0 Å². The Labute approximate surface area is 153 Å². The second-order valence-corrected chi connectivity index (χ2v) is 7.92. The fraction of sp³-hybridized carbons (Fsp3) is 0.600.